The highest BCUT2D eigenvalue weighted by molar-refractivity contribution is 5.94. The Bertz CT molecular complexity index is 1200. The van der Waals surface area contributed by atoms with Crippen LogP contribution in [-0.2, 0) is 13.5 Å². The molecule has 0 saturated carbocycles. The molecule has 0 spiro atoms. The molecule has 4 rings (SSSR count). The third-order valence-corrected chi connectivity index (χ3v) is 5.11. The third-order valence-electron chi connectivity index (χ3n) is 5.11. The molecule has 0 aliphatic rings. The Hall–Kier alpha value is -4.00. The molecule has 0 saturated heterocycles. The summed E-state index contributed by atoms with van der Waals surface area (Å²) in [5, 5.41) is 13.9. The van der Waals surface area contributed by atoms with E-state index >= 15 is 0 Å². The second-order valence-corrected chi connectivity index (χ2v) is 7.02. The molecule has 7 heteroatoms. The lowest BCUT2D eigenvalue weighted by Gasteiger charge is -2.19. The Morgan fingerprint density at radius 1 is 1.03 bits per heavy atom. The van der Waals surface area contributed by atoms with Crippen LogP contribution in [0.15, 0.2) is 78.9 Å². The molecule has 0 radical (unpaired) electrons. The average Bonchev–Trinajstić information content (AvgIpc) is 3.09. The number of benzene rings is 3. The van der Waals surface area contributed by atoms with E-state index in [0.717, 1.165) is 22.4 Å². The van der Waals surface area contributed by atoms with Crippen LogP contribution in [0.2, 0.25) is 0 Å². The quantitative estimate of drug-likeness (QED) is 0.388. The summed E-state index contributed by atoms with van der Waals surface area (Å²) in [5.74, 6) is 0.562. The monoisotopic (exact) mass is 400 g/mol. The van der Waals surface area contributed by atoms with Crippen LogP contribution >= 0.6 is 0 Å². The molecule has 7 nitrogen and oxygen atoms in total. The zero-order chi connectivity index (χ0) is 21.1. The van der Waals surface area contributed by atoms with Gasteiger partial charge in [-0.05, 0) is 29.8 Å². The van der Waals surface area contributed by atoms with E-state index in [4.69, 9.17) is 4.98 Å². The highest BCUT2D eigenvalue weighted by Crippen LogP contribution is 2.22. The van der Waals surface area contributed by atoms with Crippen LogP contribution in [0.3, 0.4) is 0 Å². The first-order valence-corrected chi connectivity index (χ1v) is 9.53. The SMILES string of the molecule is Cn1c(C[C@H](NC(=O)c2ccc([N+](=O)[O-])cc2)c2ccccc2)nc2ccccc21. The molecule has 1 atom stereocenters. The molecule has 1 N–H and O–H groups in total. The van der Waals surface area contributed by atoms with Gasteiger partial charge in [0.15, 0.2) is 0 Å². The Morgan fingerprint density at radius 2 is 1.70 bits per heavy atom. The number of carbonyl (C=O) groups is 1. The van der Waals surface area contributed by atoms with Crippen molar-refractivity contribution >= 4 is 22.6 Å². The van der Waals surface area contributed by atoms with E-state index < -0.39 is 4.92 Å². The molecule has 1 amide bonds. The van der Waals surface area contributed by atoms with E-state index in [-0.39, 0.29) is 17.6 Å². The van der Waals surface area contributed by atoms with Gasteiger partial charge in [0.05, 0.1) is 22.0 Å². The van der Waals surface area contributed by atoms with Crippen LogP contribution in [0.1, 0.15) is 27.8 Å². The molecule has 0 bridgehead atoms. The Labute approximate surface area is 173 Å². The highest BCUT2D eigenvalue weighted by atomic mass is 16.6. The molecule has 4 aromatic rings. The number of imidazole rings is 1. The zero-order valence-corrected chi connectivity index (χ0v) is 16.4. The van der Waals surface area contributed by atoms with Crippen molar-refractivity contribution in [2.75, 3.05) is 0 Å². The number of aryl methyl sites for hydroxylation is 1. The van der Waals surface area contributed by atoms with Gasteiger partial charge < -0.3 is 9.88 Å². The number of para-hydroxylation sites is 2. The predicted molar refractivity (Wildman–Crippen MR) is 114 cm³/mol. The number of rotatable bonds is 6. The topological polar surface area (TPSA) is 90.1 Å². The smallest absolute Gasteiger partial charge is 0.269 e. The van der Waals surface area contributed by atoms with E-state index in [1.807, 2.05) is 66.2 Å². The van der Waals surface area contributed by atoms with Crippen molar-refractivity contribution in [3.05, 3.63) is 106 Å². The molecule has 0 unspecified atom stereocenters. The normalized spacial score (nSPS) is 11.9. The number of carbonyl (C=O) groups excluding carboxylic acids is 1. The van der Waals surface area contributed by atoms with Gasteiger partial charge in [0.25, 0.3) is 11.6 Å². The van der Waals surface area contributed by atoms with Crippen LogP contribution in [0.4, 0.5) is 5.69 Å². The second kappa shape index (κ2) is 8.16. The van der Waals surface area contributed by atoms with Gasteiger partial charge in [-0.25, -0.2) is 4.98 Å². The van der Waals surface area contributed by atoms with Gasteiger partial charge in [0, 0.05) is 31.2 Å². The number of hydrogen-bond acceptors (Lipinski definition) is 4. The minimum absolute atomic E-state index is 0.0501. The van der Waals surface area contributed by atoms with Crippen molar-refractivity contribution in [1.82, 2.24) is 14.9 Å². The molecular weight excluding hydrogens is 380 g/mol. The molecule has 150 valence electrons. The minimum atomic E-state index is -0.486. The van der Waals surface area contributed by atoms with Crippen molar-refractivity contribution in [2.45, 2.75) is 12.5 Å². The van der Waals surface area contributed by atoms with Crippen LogP contribution < -0.4 is 5.32 Å². The zero-order valence-electron chi connectivity index (χ0n) is 16.4. The molecule has 1 aromatic heterocycles. The fourth-order valence-electron chi connectivity index (χ4n) is 3.47. The van der Waals surface area contributed by atoms with Crippen molar-refractivity contribution in [1.29, 1.82) is 0 Å². The fraction of sp³-hybridized carbons (Fsp3) is 0.130. The minimum Gasteiger partial charge on any atom is -0.345 e. The summed E-state index contributed by atoms with van der Waals surface area (Å²) in [6, 6.07) is 22.9. The number of fused-ring (bicyclic) bond motifs is 1. The van der Waals surface area contributed by atoms with Crippen LogP contribution in [0.5, 0.6) is 0 Å². The third kappa shape index (κ3) is 3.91. The molecule has 0 aliphatic heterocycles. The van der Waals surface area contributed by atoms with E-state index in [1.165, 1.54) is 24.3 Å². The van der Waals surface area contributed by atoms with Crippen molar-refractivity contribution in [3.8, 4) is 0 Å². The van der Waals surface area contributed by atoms with E-state index in [1.54, 1.807) is 0 Å². The fourth-order valence-corrected chi connectivity index (χ4v) is 3.47. The van der Waals surface area contributed by atoms with Gasteiger partial charge in [0.1, 0.15) is 5.82 Å². The summed E-state index contributed by atoms with van der Waals surface area (Å²) >= 11 is 0. The lowest BCUT2D eigenvalue weighted by Crippen LogP contribution is -2.30. The number of amides is 1. The van der Waals surface area contributed by atoms with Gasteiger partial charge in [0.2, 0.25) is 0 Å². The van der Waals surface area contributed by atoms with Crippen LogP contribution in [0, 0.1) is 10.1 Å². The summed E-state index contributed by atoms with van der Waals surface area (Å²) in [6.45, 7) is 0. The second-order valence-electron chi connectivity index (χ2n) is 7.02. The maximum Gasteiger partial charge on any atom is 0.269 e. The Morgan fingerprint density at radius 3 is 2.37 bits per heavy atom. The first kappa shape index (κ1) is 19.3. The van der Waals surface area contributed by atoms with Gasteiger partial charge in [-0.2, -0.15) is 0 Å². The van der Waals surface area contributed by atoms with E-state index in [0.29, 0.717) is 12.0 Å². The lowest BCUT2D eigenvalue weighted by atomic mass is 10.0. The molecule has 0 fully saturated rings. The lowest BCUT2D eigenvalue weighted by molar-refractivity contribution is -0.384. The first-order valence-electron chi connectivity index (χ1n) is 9.53. The number of hydrogen-bond donors (Lipinski definition) is 1. The maximum absolute atomic E-state index is 12.8. The van der Waals surface area contributed by atoms with Gasteiger partial charge in [-0.1, -0.05) is 42.5 Å². The highest BCUT2D eigenvalue weighted by Gasteiger charge is 2.20. The Kier molecular flexibility index (Phi) is 5.26. The summed E-state index contributed by atoms with van der Waals surface area (Å²) < 4.78 is 2.03. The summed E-state index contributed by atoms with van der Waals surface area (Å²) in [5.41, 5.74) is 3.21. The average molecular weight is 400 g/mol. The van der Waals surface area contributed by atoms with Crippen molar-refractivity contribution in [3.63, 3.8) is 0 Å². The number of nitrogens with one attached hydrogen (secondary N) is 1. The van der Waals surface area contributed by atoms with Gasteiger partial charge >= 0.3 is 0 Å². The van der Waals surface area contributed by atoms with Gasteiger partial charge in [-0.15, -0.1) is 0 Å². The Balaban J connectivity index is 1.62. The number of nitro benzene ring substituents is 1. The summed E-state index contributed by atoms with van der Waals surface area (Å²) in [4.78, 5) is 27.9. The number of nitro groups is 1. The summed E-state index contributed by atoms with van der Waals surface area (Å²) in [6.07, 6.45) is 0.508. The maximum atomic E-state index is 12.8. The summed E-state index contributed by atoms with van der Waals surface area (Å²) in [7, 11) is 1.96. The standard InChI is InChI=1S/C23H20N4O3/c1-26-21-10-6-5-9-19(21)24-22(26)15-20(16-7-3-2-4-8-16)25-23(28)17-11-13-18(14-12-17)27(29)30/h2-14,20H,15H2,1H3,(H,25,28)/t20-/m0/s1. The first-order chi connectivity index (χ1) is 14.5. The molecule has 30 heavy (non-hydrogen) atoms. The van der Waals surface area contributed by atoms with E-state index in [9.17, 15) is 14.9 Å². The number of aromatic nitrogens is 2. The predicted octanol–water partition coefficient (Wildman–Crippen LogP) is 4.20. The largest absolute Gasteiger partial charge is 0.345 e. The van der Waals surface area contributed by atoms with E-state index in [2.05, 4.69) is 5.32 Å². The van der Waals surface area contributed by atoms with Crippen LogP contribution in [0.25, 0.3) is 11.0 Å². The van der Waals surface area contributed by atoms with Crippen molar-refractivity contribution < 1.29 is 9.72 Å². The molecular formula is C23H20N4O3. The molecule has 1 heterocycles. The molecule has 0 aliphatic carbocycles. The number of nitrogens with zero attached hydrogens (tertiary/aromatic N) is 3. The van der Waals surface area contributed by atoms with Crippen LogP contribution in [-0.4, -0.2) is 20.4 Å². The van der Waals surface area contributed by atoms with Crippen molar-refractivity contribution in [2.24, 2.45) is 7.05 Å². The van der Waals surface area contributed by atoms with Gasteiger partial charge in [-0.3, -0.25) is 14.9 Å². The molecule has 3 aromatic carbocycles. The number of non-ortho nitro benzene ring substituents is 1.